The first-order chi connectivity index (χ1) is 10.5. The molecule has 1 amide bonds. The van der Waals surface area contributed by atoms with E-state index in [1.54, 1.807) is 37.1 Å². The van der Waals surface area contributed by atoms with Gasteiger partial charge in [-0.2, -0.15) is 0 Å². The highest BCUT2D eigenvalue weighted by atomic mass is 32.1. The molecule has 1 aliphatic heterocycles. The molecule has 1 heterocycles. The number of methoxy groups -OCH3 is 2. The van der Waals surface area contributed by atoms with Crippen LogP contribution in [0, 0.1) is 6.92 Å². The first-order valence-corrected chi connectivity index (χ1v) is 7.39. The zero-order valence-corrected chi connectivity index (χ0v) is 14.3. The molecule has 0 bridgehead atoms. The molecule has 0 aliphatic carbocycles. The minimum absolute atomic E-state index is 0.0921. The average molecular weight is 320 g/mol. The van der Waals surface area contributed by atoms with Gasteiger partial charge in [0.15, 0.2) is 5.11 Å². The van der Waals surface area contributed by atoms with E-state index in [1.807, 2.05) is 26.0 Å². The van der Waals surface area contributed by atoms with Crippen LogP contribution in [-0.2, 0) is 4.79 Å². The lowest BCUT2D eigenvalue weighted by Gasteiger charge is -2.14. The SMILES string of the molecule is CCN1C(=O)/C(=C/c2ccc(OC)c(C)c2OC)N(C)C1=S. The summed E-state index contributed by atoms with van der Waals surface area (Å²) in [7, 11) is 5.02. The van der Waals surface area contributed by atoms with Crippen LogP contribution in [0.15, 0.2) is 17.8 Å². The van der Waals surface area contributed by atoms with Crippen LogP contribution in [0.3, 0.4) is 0 Å². The van der Waals surface area contributed by atoms with Crippen LogP contribution in [0.4, 0.5) is 0 Å². The van der Waals surface area contributed by atoms with Crippen LogP contribution in [0.2, 0.25) is 0 Å². The lowest BCUT2D eigenvalue weighted by Crippen LogP contribution is -2.30. The van der Waals surface area contributed by atoms with E-state index < -0.39 is 0 Å². The van der Waals surface area contributed by atoms with E-state index in [2.05, 4.69) is 0 Å². The Morgan fingerprint density at radius 3 is 2.45 bits per heavy atom. The average Bonchev–Trinajstić information content (AvgIpc) is 2.71. The van der Waals surface area contributed by atoms with Crippen molar-refractivity contribution < 1.29 is 14.3 Å². The largest absolute Gasteiger partial charge is 0.496 e. The normalized spacial score (nSPS) is 16.7. The number of carbonyl (C=O) groups is 1. The van der Waals surface area contributed by atoms with Gasteiger partial charge >= 0.3 is 0 Å². The zero-order valence-electron chi connectivity index (χ0n) is 13.5. The van der Waals surface area contributed by atoms with Gasteiger partial charge in [-0.3, -0.25) is 9.69 Å². The fourth-order valence-electron chi connectivity index (χ4n) is 2.54. The number of thiocarbonyl (C=S) groups is 1. The van der Waals surface area contributed by atoms with Gasteiger partial charge in [-0.25, -0.2) is 0 Å². The number of nitrogens with zero attached hydrogens (tertiary/aromatic N) is 2. The first-order valence-electron chi connectivity index (χ1n) is 6.99. The van der Waals surface area contributed by atoms with Crippen molar-refractivity contribution in [2.24, 2.45) is 0 Å². The Kier molecular flexibility index (Phi) is 4.71. The molecule has 1 saturated heterocycles. The molecule has 2 rings (SSSR count). The maximum atomic E-state index is 12.4. The monoisotopic (exact) mass is 320 g/mol. The van der Waals surface area contributed by atoms with Crippen LogP contribution in [0.5, 0.6) is 11.5 Å². The van der Waals surface area contributed by atoms with Crippen molar-refractivity contribution in [2.45, 2.75) is 13.8 Å². The molecule has 6 heteroatoms. The van der Waals surface area contributed by atoms with Crippen LogP contribution in [0.1, 0.15) is 18.1 Å². The number of amides is 1. The van der Waals surface area contributed by atoms with Crippen molar-refractivity contribution in [3.05, 3.63) is 29.0 Å². The number of ether oxygens (including phenoxy) is 2. The topological polar surface area (TPSA) is 42.0 Å². The third-order valence-corrected chi connectivity index (χ3v) is 4.26. The van der Waals surface area contributed by atoms with Gasteiger partial charge in [0.25, 0.3) is 5.91 Å². The number of carbonyl (C=O) groups excluding carboxylic acids is 1. The molecule has 1 aromatic rings. The molecular weight excluding hydrogens is 300 g/mol. The molecule has 0 unspecified atom stereocenters. The van der Waals surface area contributed by atoms with Crippen molar-refractivity contribution >= 4 is 29.3 Å². The Bertz CT molecular complexity index is 655. The summed E-state index contributed by atoms with van der Waals surface area (Å²) in [5.41, 5.74) is 2.24. The summed E-state index contributed by atoms with van der Waals surface area (Å²) in [6, 6.07) is 3.73. The molecule has 0 saturated carbocycles. The van der Waals surface area contributed by atoms with Crippen molar-refractivity contribution in [1.82, 2.24) is 9.80 Å². The summed E-state index contributed by atoms with van der Waals surface area (Å²) in [5, 5.41) is 0.517. The molecule has 118 valence electrons. The minimum atomic E-state index is -0.0921. The molecular formula is C16H20N2O3S. The third kappa shape index (κ3) is 2.54. The molecule has 1 fully saturated rings. The number of likely N-dealkylation sites (N-methyl/N-ethyl adjacent to an activating group) is 2. The fraction of sp³-hybridized carbons (Fsp3) is 0.375. The Labute approximate surface area is 136 Å². The molecule has 0 radical (unpaired) electrons. The highest BCUT2D eigenvalue weighted by molar-refractivity contribution is 7.80. The Balaban J connectivity index is 2.52. The fourth-order valence-corrected chi connectivity index (χ4v) is 2.85. The minimum Gasteiger partial charge on any atom is -0.496 e. The predicted octanol–water partition coefficient (Wildman–Crippen LogP) is 2.43. The van der Waals surface area contributed by atoms with Gasteiger partial charge in [-0.15, -0.1) is 0 Å². The third-order valence-electron chi connectivity index (χ3n) is 3.76. The van der Waals surface area contributed by atoms with Gasteiger partial charge in [0.05, 0.1) is 14.2 Å². The van der Waals surface area contributed by atoms with Crippen LogP contribution in [-0.4, -0.2) is 48.6 Å². The van der Waals surface area contributed by atoms with Gasteiger partial charge in [-0.1, -0.05) is 0 Å². The summed E-state index contributed by atoms with van der Waals surface area (Å²) in [6.45, 7) is 4.38. The van der Waals surface area contributed by atoms with E-state index in [0.717, 1.165) is 16.9 Å². The second-order valence-corrected chi connectivity index (χ2v) is 5.30. The highest BCUT2D eigenvalue weighted by Crippen LogP contribution is 2.33. The maximum Gasteiger partial charge on any atom is 0.276 e. The van der Waals surface area contributed by atoms with Gasteiger partial charge < -0.3 is 14.4 Å². The Morgan fingerprint density at radius 1 is 1.27 bits per heavy atom. The summed E-state index contributed by atoms with van der Waals surface area (Å²) < 4.78 is 10.8. The van der Waals surface area contributed by atoms with Crippen LogP contribution >= 0.6 is 12.2 Å². The van der Waals surface area contributed by atoms with Crippen molar-refractivity contribution in [3.63, 3.8) is 0 Å². The first kappa shape index (κ1) is 16.3. The van der Waals surface area contributed by atoms with Gasteiger partial charge in [-0.05, 0) is 44.3 Å². The van der Waals surface area contributed by atoms with Gasteiger partial charge in [0.2, 0.25) is 0 Å². The summed E-state index contributed by atoms with van der Waals surface area (Å²) in [4.78, 5) is 15.7. The molecule has 0 aromatic heterocycles. The molecule has 0 N–H and O–H groups in total. The maximum absolute atomic E-state index is 12.4. The number of hydrogen-bond donors (Lipinski definition) is 0. The van der Waals surface area contributed by atoms with E-state index in [4.69, 9.17) is 21.7 Å². The molecule has 0 spiro atoms. The van der Waals surface area contributed by atoms with Gasteiger partial charge in [0, 0.05) is 24.7 Å². The summed E-state index contributed by atoms with van der Waals surface area (Å²) in [5.74, 6) is 1.34. The standard InChI is InChI=1S/C16H20N2O3S/c1-6-18-15(19)12(17(3)16(18)22)9-11-7-8-13(20-4)10(2)14(11)21-5/h7-9H,6H2,1-5H3/b12-9-. The van der Waals surface area contributed by atoms with E-state index in [-0.39, 0.29) is 5.91 Å². The smallest absolute Gasteiger partial charge is 0.276 e. The van der Waals surface area contributed by atoms with Crippen molar-refractivity contribution in [3.8, 4) is 11.5 Å². The number of rotatable bonds is 4. The van der Waals surface area contributed by atoms with Crippen LogP contribution in [0.25, 0.3) is 6.08 Å². The van der Waals surface area contributed by atoms with E-state index >= 15 is 0 Å². The van der Waals surface area contributed by atoms with Gasteiger partial charge in [0.1, 0.15) is 17.2 Å². The number of benzene rings is 1. The predicted molar refractivity (Wildman–Crippen MR) is 90.0 cm³/mol. The molecule has 22 heavy (non-hydrogen) atoms. The molecule has 0 atom stereocenters. The second-order valence-electron chi connectivity index (χ2n) is 4.94. The van der Waals surface area contributed by atoms with Crippen molar-refractivity contribution in [2.75, 3.05) is 27.8 Å². The van der Waals surface area contributed by atoms with E-state index in [1.165, 1.54) is 0 Å². The molecule has 1 aliphatic rings. The Hall–Kier alpha value is -2.08. The lowest BCUT2D eigenvalue weighted by atomic mass is 10.1. The number of hydrogen-bond acceptors (Lipinski definition) is 4. The quantitative estimate of drug-likeness (QED) is 0.629. The second kappa shape index (κ2) is 6.36. The van der Waals surface area contributed by atoms with Crippen molar-refractivity contribution in [1.29, 1.82) is 0 Å². The summed E-state index contributed by atoms with van der Waals surface area (Å²) >= 11 is 5.30. The lowest BCUT2D eigenvalue weighted by molar-refractivity contribution is -0.122. The van der Waals surface area contributed by atoms with Crippen LogP contribution < -0.4 is 9.47 Å². The Morgan fingerprint density at radius 2 is 1.95 bits per heavy atom. The molecule has 1 aromatic carbocycles. The molecule has 5 nitrogen and oxygen atoms in total. The highest BCUT2D eigenvalue weighted by Gasteiger charge is 2.34. The zero-order chi connectivity index (χ0) is 16.4. The van der Waals surface area contributed by atoms with E-state index in [9.17, 15) is 4.79 Å². The summed E-state index contributed by atoms with van der Waals surface area (Å²) in [6.07, 6.45) is 1.80. The van der Waals surface area contributed by atoms with E-state index in [0.29, 0.717) is 23.1 Å².